The first kappa shape index (κ1) is 10.2. The van der Waals surface area contributed by atoms with Gasteiger partial charge >= 0.3 is 0 Å². The summed E-state index contributed by atoms with van der Waals surface area (Å²) in [4.78, 5) is 7.12. The molecule has 0 radical (unpaired) electrons. The molecule has 0 saturated carbocycles. The average molecular weight is 235 g/mol. The summed E-state index contributed by atoms with van der Waals surface area (Å²) in [6, 6.07) is 4.55. The van der Waals surface area contributed by atoms with E-state index in [0.717, 1.165) is 23.7 Å². The van der Waals surface area contributed by atoms with Crippen molar-refractivity contribution in [3.8, 4) is 0 Å². The standard InChI is InChI=1S/C13H15ClN2/c1-8-6-10(14)13-9(2)16-5-3-4-12(16)15-11(13)7-8/h6-7,9H,3-5H2,1-2H3. The molecule has 0 aromatic heterocycles. The Balaban J connectivity index is 2.20. The zero-order valence-electron chi connectivity index (χ0n) is 9.63. The van der Waals surface area contributed by atoms with Gasteiger partial charge in [0.2, 0.25) is 0 Å². The average Bonchev–Trinajstić information content (AvgIpc) is 2.64. The Morgan fingerprint density at radius 2 is 2.25 bits per heavy atom. The van der Waals surface area contributed by atoms with E-state index in [1.807, 2.05) is 6.07 Å². The summed E-state index contributed by atoms with van der Waals surface area (Å²) in [6.07, 6.45) is 2.32. The highest BCUT2D eigenvalue weighted by Gasteiger charge is 2.31. The van der Waals surface area contributed by atoms with E-state index in [2.05, 4.69) is 24.8 Å². The van der Waals surface area contributed by atoms with Gasteiger partial charge in [-0.2, -0.15) is 0 Å². The fourth-order valence-corrected chi connectivity index (χ4v) is 3.18. The van der Waals surface area contributed by atoms with Crippen molar-refractivity contribution in [2.45, 2.75) is 32.7 Å². The molecule has 84 valence electrons. The van der Waals surface area contributed by atoms with Crippen molar-refractivity contribution in [3.05, 3.63) is 28.3 Å². The van der Waals surface area contributed by atoms with Crippen molar-refractivity contribution in [2.75, 3.05) is 6.54 Å². The van der Waals surface area contributed by atoms with Crippen LogP contribution in [0, 0.1) is 6.92 Å². The summed E-state index contributed by atoms with van der Waals surface area (Å²) < 4.78 is 0. The van der Waals surface area contributed by atoms with E-state index < -0.39 is 0 Å². The van der Waals surface area contributed by atoms with E-state index in [1.54, 1.807) is 0 Å². The van der Waals surface area contributed by atoms with Crippen LogP contribution in [0.3, 0.4) is 0 Å². The number of aliphatic imine (C=N–C) groups is 1. The molecule has 16 heavy (non-hydrogen) atoms. The molecule has 0 spiro atoms. The maximum Gasteiger partial charge on any atom is 0.105 e. The van der Waals surface area contributed by atoms with Crippen LogP contribution in [-0.2, 0) is 0 Å². The second-order valence-electron chi connectivity index (χ2n) is 4.68. The third kappa shape index (κ3) is 1.36. The smallest absolute Gasteiger partial charge is 0.105 e. The number of halogens is 1. The van der Waals surface area contributed by atoms with Gasteiger partial charge in [-0.15, -0.1) is 0 Å². The molecular weight excluding hydrogens is 220 g/mol. The maximum absolute atomic E-state index is 6.34. The number of hydrogen-bond donors (Lipinski definition) is 0. The van der Waals surface area contributed by atoms with Crippen molar-refractivity contribution < 1.29 is 0 Å². The van der Waals surface area contributed by atoms with Crippen molar-refractivity contribution >= 4 is 23.1 Å². The maximum atomic E-state index is 6.34. The van der Waals surface area contributed by atoms with Crippen LogP contribution in [0.2, 0.25) is 5.02 Å². The number of aryl methyl sites for hydroxylation is 1. The monoisotopic (exact) mass is 234 g/mol. The number of nitrogens with zero attached hydrogens (tertiary/aromatic N) is 2. The molecule has 2 aliphatic heterocycles. The van der Waals surface area contributed by atoms with Crippen molar-refractivity contribution in [2.24, 2.45) is 4.99 Å². The van der Waals surface area contributed by atoms with Gasteiger partial charge in [0.25, 0.3) is 0 Å². The Bertz CT molecular complexity index is 479. The summed E-state index contributed by atoms with van der Waals surface area (Å²) in [5.41, 5.74) is 3.45. The van der Waals surface area contributed by atoms with Gasteiger partial charge in [-0.1, -0.05) is 11.6 Å². The van der Waals surface area contributed by atoms with Crippen LogP contribution in [0.25, 0.3) is 0 Å². The van der Waals surface area contributed by atoms with Gasteiger partial charge in [0.15, 0.2) is 0 Å². The molecule has 2 nitrogen and oxygen atoms in total. The third-order valence-corrected chi connectivity index (χ3v) is 3.83. The van der Waals surface area contributed by atoms with E-state index in [0.29, 0.717) is 6.04 Å². The van der Waals surface area contributed by atoms with Crippen molar-refractivity contribution in [1.82, 2.24) is 4.90 Å². The second kappa shape index (κ2) is 3.49. The van der Waals surface area contributed by atoms with Gasteiger partial charge in [0.1, 0.15) is 5.84 Å². The van der Waals surface area contributed by atoms with Crippen LogP contribution in [-0.4, -0.2) is 17.3 Å². The van der Waals surface area contributed by atoms with E-state index in [1.165, 1.54) is 23.4 Å². The largest absolute Gasteiger partial charge is 0.353 e. The molecule has 1 unspecified atom stereocenters. The predicted octanol–water partition coefficient (Wildman–Crippen LogP) is 3.85. The molecule has 0 aliphatic carbocycles. The van der Waals surface area contributed by atoms with Crippen LogP contribution in [0.1, 0.15) is 36.9 Å². The van der Waals surface area contributed by atoms with Gasteiger partial charge in [0, 0.05) is 23.6 Å². The summed E-state index contributed by atoms with van der Waals surface area (Å²) in [5.74, 6) is 1.24. The second-order valence-corrected chi connectivity index (χ2v) is 5.09. The highest BCUT2D eigenvalue weighted by molar-refractivity contribution is 6.32. The molecule has 2 aliphatic rings. The molecule has 1 aromatic carbocycles. The molecular formula is C13H15ClN2. The minimum Gasteiger partial charge on any atom is -0.353 e. The van der Waals surface area contributed by atoms with Gasteiger partial charge in [-0.25, -0.2) is 4.99 Å². The van der Waals surface area contributed by atoms with Crippen LogP contribution in [0.15, 0.2) is 17.1 Å². The summed E-state index contributed by atoms with van der Waals surface area (Å²) >= 11 is 6.34. The topological polar surface area (TPSA) is 15.6 Å². The molecule has 0 amide bonds. The van der Waals surface area contributed by atoms with Gasteiger partial charge in [-0.05, 0) is 38.0 Å². The van der Waals surface area contributed by atoms with E-state index in [4.69, 9.17) is 16.6 Å². The Morgan fingerprint density at radius 1 is 1.44 bits per heavy atom. The first-order valence-electron chi connectivity index (χ1n) is 5.81. The zero-order valence-corrected chi connectivity index (χ0v) is 10.4. The summed E-state index contributed by atoms with van der Waals surface area (Å²) in [5, 5.41) is 0.859. The van der Waals surface area contributed by atoms with Gasteiger partial charge in [-0.3, -0.25) is 0 Å². The normalized spacial score (nSPS) is 22.8. The lowest BCUT2D eigenvalue weighted by Gasteiger charge is -2.32. The lowest BCUT2D eigenvalue weighted by molar-refractivity contribution is 0.359. The summed E-state index contributed by atoms with van der Waals surface area (Å²) in [7, 11) is 0. The molecule has 2 heterocycles. The van der Waals surface area contributed by atoms with Crippen LogP contribution in [0.4, 0.5) is 5.69 Å². The number of hydrogen-bond acceptors (Lipinski definition) is 2. The zero-order chi connectivity index (χ0) is 11.3. The molecule has 3 heteroatoms. The molecule has 3 rings (SSSR count). The highest BCUT2D eigenvalue weighted by Crippen LogP contribution is 2.42. The molecule has 1 saturated heterocycles. The quantitative estimate of drug-likeness (QED) is 0.666. The van der Waals surface area contributed by atoms with E-state index >= 15 is 0 Å². The van der Waals surface area contributed by atoms with Gasteiger partial charge in [0.05, 0.1) is 11.7 Å². The molecule has 1 aromatic rings. The summed E-state index contributed by atoms with van der Waals surface area (Å²) in [6.45, 7) is 5.40. The first-order valence-corrected chi connectivity index (χ1v) is 6.19. The lowest BCUT2D eigenvalue weighted by atomic mass is 10.0. The van der Waals surface area contributed by atoms with E-state index in [9.17, 15) is 0 Å². The Morgan fingerprint density at radius 3 is 3.06 bits per heavy atom. The fraction of sp³-hybridized carbons (Fsp3) is 0.462. The van der Waals surface area contributed by atoms with Crippen molar-refractivity contribution in [1.29, 1.82) is 0 Å². The predicted molar refractivity (Wildman–Crippen MR) is 67.6 cm³/mol. The Hall–Kier alpha value is -1.02. The van der Waals surface area contributed by atoms with Crippen LogP contribution < -0.4 is 0 Å². The molecule has 0 bridgehead atoms. The van der Waals surface area contributed by atoms with E-state index in [-0.39, 0.29) is 0 Å². The van der Waals surface area contributed by atoms with Crippen molar-refractivity contribution in [3.63, 3.8) is 0 Å². The first-order chi connectivity index (χ1) is 7.66. The van der Waals surface area contributed by atoms with Crippen LogP contribution >= 0.6 is 11.6 Å². The number of amidine groups is 1. The highest BCUT2D eigenvalue weighted by atomic mass is 35.5. The minimum atomic E-state index is 0.373. The number of rotatable bonds is 0. The SMILES string of the molecule is Cc1cc(Cl)c2c(c1)N=C1CCCN1C2C. The Kier molecular flexibility index (Phi) is 2.21. The molecule has 0 N–H and O–H groups in total. The Labute approximate surface area is 101 Å². The van der Waals surface area contributed by atoms with Crippen LogP contribution in [0.5, 0.6) is 0 Å². The molecule has 1 fully saturated rings. The molecule has 1 atom stereocenters. The minimum absolute atomic E-state index is 0.373. The number of fused-ring (bicyclic) bond motifs is 2. The lowest BCUT2D eigenvalue weighted by Crippen LogP contribution is -2.30. The third-order valence-electron chi connectivity index (χ3n) is 3.52. The fourth-order valence-electron chi connectivity index (χ4n) is 2.75. The van der Waals surface area contributed by atoms with Gasteiger partial charge < -0.3 is 4.90 Å². The number of benzene rings is 1.